The van der Waals surface area contributed by atoms with E-state index in [-0.39, 0.29) is 36.5 Å². The molecular formula is C16H24Cl2FN3O2. The minimum atomic E-state index is -0.589. The summed E-state index contributed by atoms with van der Waals surface area (Å²) < 4.78 is 18.7. The van der Waals surface area contributed by atoms with Gasteiger partial charge in [-0.1, -0.05) is 0 Å². The van der Waals surface area contributed by atoms with Crippen molar-refractivity contribution < 1.29 is 13.9 Å². The molecule has 1 saturated carbocycles. The van der Waals surface area contributed by atoms with E-state index in [9.17, 15) is 9.18 Å². The molecule has 1 aliphatic carbocycles. The first-order chi connectivity index (χ1) is 10.5. The maximum absolute atomic E-state index is 13.4. The molecule has 1 heterocycles. The highest BCUT2D eigenvalue weighted by Crippen LogP contribution is 2.34. The SMILES string of the molecule is COc1ccc(F)cc1CN1CCN(C(=O)C2(N)CC2)CC1.Cl.Cl. The Hall–Kier alpha value is -1.08. The molecule has 0 unspecified atom stereocenters. The molecule has 1 aromatic carbocycles. The van der Waals surface area contributed by atoms with Gasteiger partial charge in [0.1, 0.15) is 11.6 Å². The van der Waals surface area contributed by atoms with Crippen molar-refractivity contribution in [2.45, 2.75) is 24.9 Å². The molecule has 2 N–H and O–H groups in total. The number of hydrogen-bond acceptors (Lipinski definition) is 4. The molecule has 2 fully saturated rings. The van der Waals surface area contributed by atoms with E-state index in [0.29, 0.717) is 25.4 Å². The number of rotatable bonds is 4. The van der Waals surface area contributed by atoms with E-state index in [1.807, 2.05) is 4.90 Å². The van der Waals surface area contributed by atoms with Gasteiger partial charge in [-0.25, -0.2) is 4.39 Å². The molecule has 1 amide bonds. The lowest BCUT2D eigenvalue weighted by Gasteiger charge is -2.36. The number of nitrogens with two attached hydrogens (primary N) is 1. The zero-order chi connectivity index (χ0) is 15.7. The highest BCUT2D eigenvalue weighted by atomic mass is 35.5. The van der Waals surface area contributed by atoms with E-state index < -0.39 is 5.54 Å². The van der Waals surface area contributed by atoms with Crippen molar-refractivity contribution in [1.29, 1.82) is 0 Å². The van der Waals surface area contributed by atoms with Crippen molar-refractivity contribution in [3.05, 3.63) is 29.6 Å². The van der Waals surface area contributed by atoms with Gasteiger partial charge in [0.05, 0.1) is 12.6 Å². The number of halogens is 3. The Labute approximate surface area is 154 Å². The first kappa shape index (κ1) is 21.0. The molecule has 0 atom stereocenters. The summed E-state index contributed by atoms with van der Waals surface area (Å²) in [6.45, 7) is 3.50. The number of piperazine rings is 1. The topological polar surface area (TPSA) is 58.8 Å². The van der Waals surface area contributed by atoms with Crippen LogP contribution in [0.15, 0.2) is 18.2 Å². The number of hydrogen-bond donors (Lipinski definition) is 1. The summed E-state index contributed by atoms with van der Waals surface area (Å²) in [7, 11) is 1.59. The maximum atomic E-state index is 13.4. The van der Waals surface area contributed by atoms with E-state index in [1.54, 1.807) is 13.2 Å². The molecule has 8 heteroatoms. The monoisotopic (exact) mass is 379 g/mol. The fourth-order valence-electron chi connectivity index (χ4n) is 2.88. The van der Waals surface area contributed by atoms with Crippen LogP contribution in [-0.2, 0) is 11.3 Å². The zero-order valence-electron chi connectivity index (χ0n) is 13.7. The van der Waals surface area contributed by atoms with Gasteiger partial charge in [0.25, 0.3) is 0 Å². The molecule has 24 heavy (non-hydrogen) atoms. The number of benzene rings is 1. The lowest BCUT2D eigenvalue weighted by Crippen LogP contribution is -2.53. The molecule has 136 valence electrons. The van der Waals surface area contributed by atoms with Crippen LogP contribution in [-0.4, -0.2) is 54.5 Å². The number of carbonyl (C=O) groups is 1. The smallest absolute Gasteiger partial charge is 0.242 e. The van der Waals surface area contributed by atoms with Gasteiger partial charge in [0.15, 0.2) is 0 Å². The second-order valence-electron chi connectivity index (χ2n) is 6.18. The van der Waals surface area contributed by atoms with Crippen molar-refractivity contribution in [2.75, 3.05) is 33.3 Å². The summed E-state index contributed by atoms with van der Waals surface area (Å²) in [5.74, 6) is 0.512. The van der Waals surface area contributed by atoms with E-state index in [2.05, 4.69) is 4.90 Å². The predicted molar refractivity (Wildman–Crippen MR) is 95.5 cm³/mol. The molecule has 1 saturated heterocycles. The second-order valence-corrected chi connectivity index (χ2v) is 6.18. The molecule has 5 nitrogen and oxygen atoms in total. The second kappa shape index (κ2) is 8.34. The Morgan fingerprint density at radius 2 is 1.88 bits per heavy atom. The molecule has 0 radical (unpaired) electrons. The minimum Gasteiger partial charge on any atom is -0.496 e. The van der Waals surface area contributed by atoms with Gasteiger partial charge < -0.3 is 15.4 Å². The van der Waals surface area contributed by atoms with E-state index >= 15 is 0 Å². The van der Waals surface area contributed by atoms with Crippen LogP contribution >= 0.6 is 24.8 Å². The fraction of sp³-hybridized carbons (Fsp3) is 0.562. The van der Waals surface area contributed by atoms with Crippen molar-refractivity contribution in [1.82, 2.24) is 9.80 Å². The fourth-order valence-corrected chi connectivity index (χ4v) is 2.88. The van der Waals surface area contributed by atoms with Crippen molar-refractivity contribution >= 4 is 30.7 Å². The molecular weight excluding hydrogens is 356 g/mol. The van der Waals surface area contributed by atoms with Gasteiger partial charge in [0.2, 0.25) is 5.91 Å². The predicted octanol–water partition coefficient (Wildman–Crippen LogP) is 1.81. The standard InChI is InChI=1S/C16H22FN3O2.2ClH/c1-22-14-3-2-13(17)10-12(14)11-19-6-8-20(9-7-19)15(21)16(18)4-5-16;;/h2-3,10H,4-9,11,18H2,1H3;2*1H. The van der Waals surface area contributed by atoms with Gasteiger partial charge in [-0.3, -0.25) is 9.69 Å². The van der Waals surface area contributed by atoms with Crippen molar-refractivity contribution in [3.8, 4) is 5.75 Å². The first-order valence-electron chi connectivity index (χ1n) is 7.65. The minimum absolute atomic E-state index is 0. The maximum Gasteiger partial charge on any atom is 0.242 e. The number of amides is 1. The van der Waals surface area contributed by atoms with Crippen LogP contribution in [0.4, 0.5) is 4.39 Å². The van der Waals surface area contributed by atoms with E-state index in [0.717, 1.165) is 31.5 Å². The van der Waals surface area contributed by atoms with Gasteiger partial charge in [-0.2, -0.15) is 0 Å². The van der Waals surface area contributed by atoms with Crippen LogP contribution in [0.3, 0.4) is 0 Å². The molecule has 1 aliphatic heterocycles. The van der Waals surface area contributed by atoms with Gasteiger partial charge >= 0.3 is 0 Å². The Morgan fingerprint density at radius 1 is 1.25 bits per heavy atom. The van der Waals surface area contributed by atoms with Crippen LogP contribution in [0.5, 0.6) is 5.75 Å². The summed E-state index contributed by atoms with van der Waals surface area (Å²) in [6, 6.07) is 4.56. The third-order valence-electron chi connectivity index (χ3n) is 4.51. The summed E-state index contributed by atoms with van der Waals surface area (Å²) in [5, 5.41) is 0. The molecule has 0 aromatic heterocycles. The Balaban J connectivity index is 0.00000144. The van der Waals surface area contributed by atoms with Crippen LogP contribution in [0.25, 0.3) is 0 Å². The van der Waals surface area contributed by atoms with E-state index in [4.69, 9.17) is 10.5 Å². The Bertz CT molecular complexity index is 576. The summed E-state index contributed by atoms with van der Waals surface area (Å²) in [5.41, 5.74) is 6.21. The van der Waals surface area contributed by atoms with Crippen LogP contribution in [0, 0.1) is 5.82 Å². The van der Waals surface area contributed by atoms with Crippen LogP contribution in [0.1, 0.15) is 18.4 Å². The lowest BCUT2D eigenvalue weighted by atomic mass is 10.1. The van der Waals surface area contributed by atoms with Crippen LogP contribution < -0.4 is 10.5 Å². The van der Waals surface area contributed by atoms with Crippen molar-refractivity contribution in [2.24, 2.45) is 5.73 Å². The lowest BCUT2D eigenvalue weighted by molar-refractivity contribution is -0.135. The molecule has 3 rings (SSSR count). The summed E-state index contributed by atoms with van der Waals surface area (Å²) in [6.07, 6.45) is 1.60. The quantitative estimate of drug-likeness (QED) is 0.866. The average Bonchev–Trinajstić information content (AvgIpc) is 3.27. The van der Waals surface area contributed by atoms with Gasteiger partial charge in [-0.15, -0.1) is 24.8 Å². The zero-order valence-corrected chi connectivity index (χ0v) is 15.3. The normalized spacial score (nSPS) is 19.0. The molecule has 0 bridgehead atoms. The summed E-state index contributed by atoms with van der Waals surface area (Å²) in [4.78, 5) is 16.3. The average molecular weight is 380 g/mol. The van der Waals surface area contributed by atoms with Crippen molar-refractivity contribution in [3.63, 3.8) is 0 Å². The number of methoxy groups -OCH3 is 1. The third-order valence-corrected chi connectivity index (χ3v) is 4.51. The molecule has 1 aromatic rings. The number of ether oxygens (including phenoxy) is 1. The third kappa shape index (κ3) is 4.51. The number of nitrogens with zero attached hydrogens (tertiary/aromatic N) is 2. The Kier molecular flexibility index (Phi) is 7.28. The van der Waals surface area contributed by atoms with Crippen LogP contribution in [0.2, 0.25) is 0 Å². The van der Waals surface area contributed by atoms with Gasteiger partial charge in [-0.05, 0) is 31.0 Å². The number of carbonyl (C=O) groups excluding carboxylic acids is 1. The first-order valence-corrected chi connectivity index (χ1v) is 7.65. The van der Waals surface area contributed by atoms with Gasteiger partial charge in [0, 0.05) is 38.3 Å². The summed E-state index contributed by atoms with van der Waals surface area (Å²) >= 11 is 0. The highest BCUT2D eigenvalue weighted by molar-refractivity contribution is 5.89. The Morgan fingerprint density at radius 3 is 2.42 bits per heavy atom. The largest absolute Gasteiger partial charge is 0.496 e. The molecule has 0 spiro atoms. The van der Waals surface area contributed by atoms with E-state index in [1.165, 1.54) is 12.1 Å². The highest BCUT2D eigenvalue weighted by Gasteiger charge is 2.48. The molecule has 2 aliphatic rings.